The molecule has 5 heteroatoms. The SMILES string of the molecule is CC1=C(O)C(=O)C(O)=C(O)C1=O. The molecule has 0 heterocycles. The summed E-state index contributed by atoms with van der Waals surface area (Å²) in [7, 11) is 0. The van der Waals surface area contributed by atoms with Gasteiger partial charge in [0.1, 0.15) is 0 Å². The van der Waals surface area contributed by atoms with Gasteiger partial charge in [-0.25, -0.2) is 0 Å². The smallest absolute Gasteiger partial charge is 0.266 e. The van der Waals surface area contributed by atoms with E-state index in [-0.39, 0.29) is 5.57 Å². The van der Waals surface area contributed by atoms with E-state index in [2.05, 4.69) is 0 Å². The zero-order chi connectivity index (χ0) is 9.46. The molecular weight excluding hydrogens is 164 g/mol. The Morgan fingerprint density at radius 3 is 1.75 bits per heavy atom. The van der Waals surface area contributed by atoms with Crippen molar-refractivity contribution in [2.75, 3.05) is 0 Å². The number of rotatable bonds is 0. The predicted octanol–water partition coefficient (Wildman–Crippen LogP) is 0.298. The first-order chi connectivity index (χ1) is 5.46. The van der Waals surface area contributed by atoms with Gasteiger partial charge in [-0.3, -0.25) is 9.59 Å². The summed E-state index contributed by atoms with van der Waals surface area (Å²) in [4.78, 5) is 21.6. The monoisotopic (exact) mass is 170 g/mol. The molecule has 1 aliphatic carbocycles. The highest BCUT2D eigenvalue weighted by molar-refractivity contribution is 6.21. The van der Waals surface area contributed by atoms with Gasteiger partial charge in [0.2, 0.25) is 17.3 Å². The summed E-state index contributed by atoms with van der Waals surface area (Å²) >= 11 is 0. The van der Waals surface area contributed by atoms with Crippen LogP contribution in [0.1, 0.15) is 6.92 Å². The van der Waals surface area contributed by atoms with Crippen LogP contribution in [0.3, 0.4) is 0 Å². The molecule has 0 saturated carbocycles. The van der Waals surface area contributed by atoms with Gasteiger partial charge in [0, 0.05) is 5.57 Å². The third-order valence-corrected chi connectivity index (χ3v) is 1.57. The van der Waals surface area contributed by atoms with Gasteiger partial charge in [0.15, 0.2) is 5.76 Å². The largest absolute Gasteiger partial charge is 0.504 e. The summed E-state index contributed by atoms with van der Waals surface area (Å²) in [5.41, 5.74) is -0.268. The van der Waals surface area contributed by atoms with E-state index in [1.54, 1.807) is 0 Å². The van der Waals surface area contributed by atoms with Crippen LogP contribution in [0.25, 0.3) is 0 Å². The molecule has 0 aromatic heterocycles. The maximum atomic E-state index is 10.9. The van der Waals surface area contributed by atoms with Crippen LogP contribution in [0, 0.1) is 0 Å². The highest BCUT2D eigenvalue weighted by Gasteiger charge is 2.32. The van der Waals surface area contributed by atoms with E-state index < -0.39 is 28.8 Å². The van der Waals surface area contributed by atoms with Gasteiger partial charge in [-0.15, -0.1) is 0 Å². The van der Waals surface area contributed by atoms with Gasteiger partial charge in [-0.05, 0) is 6.92 Å². The lowest BCUT2D eigenvalue weighted by Gasteiger charge is -2.10. The fourth-order valence-electron chi connectivity index (χ4n) is 0.783. The molecule has 0 aliphatic heterocycles. The van der Waals surface area contributed by atoms with Crippen molar-refractivity contribution in [3.63, 3.8) is 0 Å². The van der Waals surface area contributed by atoms with Gasteiger partial charge in [0.25, 0.3) is 5.78 Å². The fourth-order valence-corrected chi connectivity index (χ4v) is 0.783. The highest BCUT2D eigenvalue weighted by Crippen LogP contribution is 2.19. The van der Waals surface area contributed by atoms with Crippen molar-refractivity contribution in [1.29, 1.82) is 0 Å². The standard InChI is InChI=1S/C7H6O5/c1-2-3(8)5(10)7(12)6(11)4(2)9/h8,11-12H,1H3. The minimum Gasteiger partial charge on any atom is -0.504 e. The van der Waals surface area contributed by atoms with E-state index in [1.165, 1.54) is 6.92 Å². The lowest BCUT2D eigenvalue weighted by atomic mass is 10.0. The van der Waals surface area contributed by atoms with Crippen LogP contribution < -0.4 is 0 Å². The summed E-state index contributed by atoms with van der Waals surface area (Å²) in [5, 5.41) is 26.5. The Morgan fingerprint density at radius 1 is 0.833 bits per heavy atom. The number of allylic oxidation sites excluding steroid dienone is 1. The predicted molar refractivity (Wildman–Crippen MR) is 37.6 cm³/mol. The van der Waals surface area contributed by atoms with Gasteiger partial charge in [0.05, 0.1) is 0 Å². The van der Waals surface area contributed by atoms with Crippen LogP contribution >= 0.6 is 0 Å². The molecule has 0 atom stereocenters. The molecule has 0 radical (unpaired) electrons. The van der Waals surface area contributed by atoms with Crippen molar-refractivity contribution in [2.24, 2.45) is 0 Å². The van der Waals surface area contributed by atoms with E-state index in [4.69, 9.17) is 15.3 Å². The molecule has 0 saturated heterocycles. The lowest BCUT2D eigenvalue weighted by molar-refractivity contribution is -0.122. The Morgan fingerprint density at radius 2 is 1.25 bits per heavy atom. The molecule has 0 unspecified atom stereocenters. The van der Waals surface area contributed by atoms with E-state index >= 15 is 0 Å². The van der Waals surface area contributed by atoms with Gasteiger partial charge in [-0.2, -0.15) is 0 Å². The summed E-state index contributed by atoms with van der Waals surface area (Å²) in [6.07, 6.45) is 0. The van der Waals surface area contributed by atoms with Crippen LogP contribution in [0.15, 0.2) is 22.9 Å². The number of ketones is 2. The number of aliphatic hydroxyl groups excluding tert-OH is 3. The molecule has 1 rings (SSSR count). The zero-order valence-corrected chi connectivity index (χ0v) is 6.16. The molecule has 0 aromatic carbocycles. The maximum Gasteiger partial charge on any atom is 0.266 e. The minimum absolute atomic E-state index is 0.268. The molecule has 5 nitrogen and oxygen atoms in total. The Kier molecular flexibility index (Phi) is 1.64. The van der Waals surface area contributed by atoms with Gasteiger partial charge in [-0.1, -0.05) is 0 Å². The Labute approximate surface area is 67.2 Å². The number of carbonyl (C=O) groups is 2. The lowest BCUT2D eigenvalue weighted by Crippen LogP contribution is -2.22. The number of carbonyl (C=O) groups excluding carboxylic acids is 2. The first-order valence-electron chi connectivity index (χ1n) is 3.08. The summed E-state index contributed by atoms with van der Waals surface area (Å²) < 4.78 is 0. The van der Waals surface area contributed by atoms with E-state index in [0.29, 0.717) is 0 Å². The number of aliphatic hydroxyl groups is 3. The molecular formula is C7H6O5. The van der Waals surface area contributed by atoms with Crippen molar-refractivity contribution in [1.82, 2.24) is 0 Å². The molecule has 0 amide bonds. The normalized spacial score (nSPS) is 19.1. The third-order valence-electron chi connectivity index (χ3n) is 1.57. The van der Waals surface area contributed by atoms with Crippen molar-refractivity contribution >= 4 is 11.6 Å². The van der Waals surface area contributed by atoms with E-state index in [9.17, 15) is 9.59 Å². The number of hydrogen-bond acceptors (Lipinski definition) is 5. The molecule has 0 aromatic rings. The van der Waals surface area contributed by atoms with Crippen molar-refractivity contribution in [3.05, 3.63) is 22.9 Å². The van der Waals surface area contributed by atoms with Gasteiger partial charge < -0.3 is 15.3 Å². The highest BCUT2D eigenvalue weighted by atomic mass is 16.3. The van der Waals surface area contributed by atoms with Crippen LogP contribution in [0.2, 0.25) is 0 Å². The maximum absolute atomic E-state index is 10.9. The molecule has 1 aliphatic rings. The average molecular weight is 170 g/mol. The molecule has 64 valence electrons. The van der Waals surface area contributed by atoms with Crippen LogP contribution in [-0.4, -0.2) is 26.9 Å². The average Bonchev–Trinajstić information content (AvgIpc) is 2.08. The Balaban J connectivity index is 3.32. The fraction of sp³-hybridized carbons (Fsp3) is 0.143. The van der Waals surface area contributed by atoms with Crippen LogP contribution in [0.4, 0.5) is 0 Å². The first kappa shape index (κ1) is 8.32. The Hall–Kier alpha value is -1.78. The van der Waals surface area contributed by atoms with Crippen LogP contribution in [-0.2, 0) is 9.59 Å². The summed E-state index contributed by atoms with van der Waals surface area (Å²) in [6, 6.07) is 0. The second-order valence-corrected chi connectivity index (χ2v) is 2.33. The first-order valence-corrected chi connectivity index (χ1v) is 3.08. The molecule has 3 N–H and O–H groups in total. The van der Waals surface area contributed by atoms with Crippen molar-refractivity contribution in [2.45, 2.75) is 6.92 Å². The van der Waals surface area contributed by atoms with Crippen LogP contribution in [0.5, 0.6) is 0 Å². The second kappa shape index (κ2) is 2.37. The number of Topliss-reactive ketones (excluding diaryl/α,β-unsaturated/α-hetero) is 2. The zero-order valence-electron chi connectivity index (χ0n) is 6.16. The quantitative estimate of drug-likeness (QED) is 0.454. The summed E-state index contributed by atoms with van der Waals surface area (Å²) in [5.74, 6) is -5.03. The molecule has 0 fully saturated rings. The number of hydrogen-bond donors (Lipinski definition) is 3. The molecule has 12 heavy (non-hydrogen) atoms. The third kappa shape index (κ3) is 0.868. The Bertz CT molecular complexity index is 272. The van der Waals surface area contributed by atoms with Crippen molar-refractivity contribution in [3.8, 4) is 0 Å². The molecule has 0 spiro atoms. The topological polar surface area (TPSA) is 94.8 Å². The minimum atomic E-state index is -1.13. The molecule has 0 bridgehead atoms. The second-order valence-electron chi connectivity index (χ2n) is 2.33. The van der Waals surface area contributed by atoms with E-state index in [0.717, 1.165) is 0 Å². The van der Waals surface area contributed by atoms with Crippen molar-refractivity contribution < 1.29 is 24.9 Å². The van der Waals surface area contributed by atoms with Gasteiger partial charge >= 0.3 is 0 Å². The summed E-state index contributed by atoms with van der Waals surface area (Å²) in [6.45, 7) is 1.18. The van der Waals surface area contributed by atoms with E-state index in [1.807, 2.05) is 0 Å².